The number of benzene rings is 2. The van der Waals surface area contributed by atoms with Crippen LogP contribution < -0.4 is 0 Å². The van der Waals surface area contributed by atoms with Crippen molar-refractivity contribution in [3.8, 4) is 28.5 Å². The topological polar surface area (TPSA) is 102 Å². The first-order valence-electron chi connectivity index (χ1n) is 10.2. The van der Waals surface area contributed by atoms with E-state index in [2.05, 4.69) is 9.88 Å². The standard InChI is InChI=1S/C23H26N4O4.ClH/c1-25(23(31)27-14-20(24-15-27)17-3-5-19(28)6-4-17)18-8-10-26(11-9-18)13-16-2-7-21(29)22(30)12-16;/h2-7,12,14-15,18,28-30H,8-11,13H2,1H3;1H. The summed E-state index contributed by atoms with van der Waals surface area (Å²) in [4.78, 5) is 21.3. The molecule has 0 spiro atoms. The molecule has 0 radical (unpaired) electrons. The lowest BCUT2D eigenvalue weighted by Crippen LogP contribution is -2.46. The van der Waals surface area contributed by atoms with Crippen LogP contribution in [0, 0.1) is 0 Å². The Labute approximate surface area is 192 Å². The van der Waals surface area contributed by atoms with Gasteiger partial charge in [-0.1, -0.05) is 6.07 Å². The molecule has 0 atom stereocenters. The Kier molecular flexibility index (Phi) is 7.27. The zero-order chi connectivity index (χ0) is 22.0. The molecule has 8 nitrogen and oxygen atoms in total. The van der Waals surface area contributed by atoms with Crippen molar-refractivity contribution >= 4 is 18.4 Å². The van der Waals surface area contributed by atoms with E-state index in [0.717, 1.165) is 37.1 Å². The third-order valence-corrected chi connectivity index (χ3v) is 5.82. The summed E-state index contributed by atoms with van der Waals surface area (Å²) in [7, 11) is 1.82. The fourth-order valence-corrected chi connectivity index (χ4v) is 3.94. The smallest absolute Gasteiger partial charge is 0.329 e. The third-order valence-electron chi connectivity index (χ3n) is 5.82. The van der Waals surface area contributed by atoms with Crippen molar-refractivity contribution in [2.45, 2.75) is 25.4 Å². The summed E-state index contributed by atoms with van der Waals surface area (Å²) in [5.41, 5.74) is 2.45. The maximum Gasteiger partial charge on any atom is 0.329 e. The number of nitrogens with zero attached hydrogens (tertiary/aromatic N) is 4. The number of carbonyl (C=O) groups is 1. The van der Waals surface area contributed by atoms with Gasteiger partial charge in [-0.25, -0.2) is 9.78 Å². The predicted octanol–water partition coefficient (Wildman–Crippen LogP) is 3.65. The van der Waals surface area contributed by atoms with Crippen LogP contribution >= 0.6 is 12.4 Å². The van der Waals surface area contributed by atoms with Crippen LogP contribution in [0.1, 0.15) is 18.4 Å². The highest BCUT2D eigenvalue weighted by Crippen LogP contribution is 2.26. The summed E-state index contributed by atoms with van der Waals surface area (Å²) in [6.07, 6.45) is 4.93. The molecule has 0 bridgehead atoms. The number of phenolic OH excluding ortho intramolecular Hbond substituents is 3. The van der Waals surface area contributed by atoms with Gasteiger partial charge in [0.15, 0.2) is 11.5 Å². The lowest BCUT2D eigenvalue weighted by molar-refractivity contribution is 0.132. The largest absolute Gasteiger partial charge is 0.508 e. The van der Waals surface area contributed by atoms with Crippen LogP contribution in [0.25, 0.3) is 11.3 Å². The minimum atomic E-state index is -0.126. The van der Waals surface area contributed by atoms with Crippen molar-refractivity contribution in [1.29, 1.82) is 0 Å². The number of hydrogen-bond donors (Lipinski definition) is 3. The summed E-state index contributed by atoms with van der Waals surface area (Å²) < 4.78 is 1.49. The fourth-order valence-electron chi connectivity index (χ4n) is 3.94. The zero-order valence-electron chi connectivity index (χ0n) is 17.8. The van der Waals surface area contributed by atoms with E-state index in [4.69, 9.17) is 0 Å². The van der Waals surface area contributed by atoms with Gasteiger partial charge in [0.25, 0.3) is 0 Å². The van der Waals surface area contributed by atoms with E-state index in [-0.39, 0.29) is 41.7 Å². The van der Waals surface area contributed by atoms with Gasteiger partial charge < -0.3 is 20.2 Å². The molecule has 2 heterocycles. The lowest BCUT2D eigenvalue weighted by Gasteiger charge is -2.36. The normalized spacial score (nSPS) is 14.7. The quantitative estimate of drug-likeness (QED) is 0.516. The molecule has 1 fully saturated rings. The number of amides is 1. The van der Waals surface area contributed by atoms with Crippen LogP contribution in [-0.2, 0) is 6.54 Å². The van der Waals surface area contributed by atoms with E-state index in [1.165, 1.54) is 17.0 Å². The first kappa shape index (κ1) is 23.4. The molecule has 4 rings (SSSR count). The Balaban J connectivity index is 0.00000289. The molecule has 170 valence electrons. The summed E-state index contributed by atoms with van der Waals surface area (Å²) >= 11 is 0. The van der Waals surface area contributed by atoms with Crippen molar-refractivity contribution in [3.63, 3.8) is 0 Å². The molecule has 3 N–H and O–H groups in total. The van der Waals surface area contributed by atoms with Crippen molar-refractivity contribution in [1.82, 2.24) is 19.4 Å². The lowest BCUT2D eigenvalue weighted by atomic mass is 10.0. The van der Waals surface area contributed by atoms with Gasteiger partial charge in [0.2, 0.25) is 0 Å². The summed E-state index contributed by atoms with van der Waals surface area (Å²) in [6, 6.07) is 11.6. The second-order valence-corrected chi connectivity index (χ2v) is 7.94. The monoisotopic (exact) mass is 458 g/mol. The second kappa shape index (κ2) is 9.93. The fraction of sp³-hybridized carbons (Fsp3) is 0.304. The number of piperidine rings is 1. The molecule has 1 amide bonds. The molecule has 0 aliphatic carbocycles. The Morgan fingerprint density at radius 1 is 1.06 bits per heavy atom. The number of aromatic hydroxyl groups is 3. The molecule has 0 unspecified atom stereocenters. The highest BCUT2D eigenvalue weighted by molar-refractivity contribution is 5.85. The number of phenols is 3. The number of imidazole rings is 1. The van der Waals surface area contributed by atoms with Gasteiger partial charge in [-0.05, 0) is 54.8 Å². The van der Waals surface area contributed by atoms with E-state index < -0.39 is 0 Å². The number of aromatic nitrogens is 2. The third kappa shape index (κ3) is 5.15. The zero-order valence-corrected chi connectivity index (χ0v) is 18.6. The Bertz CT molecular complexity index is 1060. The van der Waals surface area contributed by atoms with Crippen molar-refractivity contribution < 1.29 is 20.1 Å². The van der Waals surface area contributed by atoms with Gasteiger partial charge in [0, 0.05) is 44.5 Å². The number of carbonyl (C=O) groups excluding carboxylic acids is 1. The van der Waals surface area contributed by atoms with Gasteiger partial charge in [0.05, 0.1) is 5.69 Å². The van der Waals surface area contributed by atoms with Crippen LogP contribution in [0.4, 0.5) is 4.79 Å². The molecule has 2 aromatic carbocycles. The minimum Gasteiger partial charge on any atom is -0.508 e. The van der Waals surface area contributed by atoms with Gasteiger partial charge >= 0.3 is 6.03 Å². The molecule has 1 aliphatic heterocycles. The Hall–Kier alpha value is -3.23. The van der Waals surface area contributed by atoms with E-state index in [1.807, 2.05) is 13.1 Å². The van der Waals surface area contributed by atoms with Crippen molar-refractivity contribution in [2.24, 2.45) is 0 Å². The summed E-state index contributed by atoms with van der Waals surface area (Å²) in [6.45, 7) is 2.37. The highest BCUT2D eigenvalue weighted by Gasteiger charge is 2.26. The van der Waals surface area contributed by atoms with E-state index in [1.54, 1.807) is 41.4 Å². The summed E-state index contributed by atoms with van der Waals surface area (Å²) in [5.74, 6) is -0.0343. The number of likely N-dealkylation sites (tertiary alicyclic amines) is 1. The van der Waals surface area contributed by atoms with Gasteiger partial charge in [-0.15, -0.1) is 12.4 Å². The predicted molar refractivity (Wildman–Crippen MR) is 123 cm³/mol. The molecule has 1 saturated heterocycles. The van der Waals surface area contributed by atoms with Crippen LogP contribution in [0.2, 0.25) is 0 Å². The van der Waals surface area contributed by atoms with Gasteiger partial charge in [-0.2, -0.15) is 0 Å². The van der Waals surface area contributed by atoms with Gasteiger partial charge in [-0.3, -0.25) is 9.47 Å². The number of halogens is 1. The van der Waals surface area contributed by atoms with Crippen molar-refractivity contribution in [3.05, 3.63) is 60.6 Å². The SMILES string of the molecule is CN(C(=O)n1cnc(-c2ccc(O)cc2)c1)C1CCN(Cc2ccc(O)c(O)c2)CC1.Cl. The van der Waals surface area contributed by atoms with Crippen LogP contribution in [0.15, 0.2) is 55.0 Å². The maximum absolute atomic E-state index is 12.9. The first-order valence-corrected chi connectivity index (χ1v) is 10.2. The number of rotatable bonds is 4. The number of hydrogen-bond acceptors (Lipinski definition) is 6. The van der Waals surface area contributed by atoms with E-state index in [0.29, 0.717) is 12.2 Å². The molecule has 32 heavy (non-hydrogen) atoms. The maximum atomic E-state index is 12.9. The average molecular weight is 459 g/mol. The Morgan fingerprint density at radius 3 is 2.41 bits per heavy atom. The molecule has 9 heteroatoms. The van der Waals surface area contributed by atoms with Crippen LogP contribution in [0.3, 0.4) is 0 Å². The molecule has 1 aromatic heterocycles. The highest BCUT2D eigenvalue weighted by atomic mass is 35.5. The van der Waals surface area contributed by atoms with Crippen LogP contribution in [0.5, 0.6) is 17.2 Å². The van der Waals surface area contributed by atoms with Crippen molar-refractivity contribution in [2.75, 3.05) is 20.1 Å². The summed E-state index contributed by atoms with van der Waals surface area (Å²) in [5, 5.41) is 28.5. The van der Waals surface area contributed by atoms with Crippen LogP contribution in [-0.4, -0.2) is 66.9 Å². The van der Waals surface area contributed by atoms with E-state index in [9.17, 15) is 20.1 Å². The molecule has 3 aromatic rings. The first-order chi connectivity index (χ1) is 14.9. The molecular weight excluding hydrogens is 432 g/mol. The molecule has 1 aliphatic rings. The van der Waals surface area contributed by atoms with Gasteiger partial charge in [0.1, 0.15) is 12.1 Å². The molecular formula is C23H27ClN4O4. The average Bonchev–Trinajstić information content (AvgIpc) is 3.26. The Morgan fingerprint density at radius 2 is 1.75 bits per heavy atom. The molecule has 0 saturated carbocycles. The second-order valence-electron chi connectivity index (χ2n) is 7.94. The minimum absolute atomic E-state index is 0. The van der Waals surface area contributed by atoms with E-state index >= 15 is 0 Å².